The van der Waals surface area contributed by atoms with Gasteiger partial charge in [0.1, 0.15) is 10.6 Å². The molecule has 1 fully saturated rings. The second-order valence-electron chi connectivity index (χ2n) is 5.10. The molecule has 4 nitrogen and oxygen atoms in total. The fraction of sp³-hybridized carbons (Fsp3) is 0.571. The molecule has 102 valence electrons. The number of hydrogen-bond donors (Lipinski definition) is 2. The summed E-state index contributed by atoms with van der Waals surface area (Å²) in [5.41, 5.74) is 0. The van der Waals surface area contributed by atoms with Crippen LogP contribution in [0.4, 0.5) is 11.8 Å². The average Bonchev–Trinajstić information content (AvgIpc) is 2.94. The molecule has 1 aliphatic carbocycles. The second kappa shape index (κ2) is 5.33. The molecule has 2 aromatic heterocycles. The Bertz CT molecular complexity index is 566. The smallest absolute Gasteiger partial charge is 0.226 e. The van der Waals surface area contributed by atoms with Gasteiger partial charge in [-0.25, -0.2) is 4.98 Å². The highest BCUT2D eigenvalue weighted by atomic mass is 32.1. The number of fused-ring (bicyclic) bond motifs is 1. The number of nitrogens with zero attached hydrogens (tertiary/aromatic N) is 2. The first-order valence-electron chi connectivity index (χ1n) is 7.07. The topological polar surface area (TPSA) is 49.8 Å². The Hall–Kier alpha value is -1.36. The maximum absolute atomic E-state index is 4.61. The summed E-state index contributed by atoms with van der Waals surface area (Å²) in [5.74, 6) is 2.55. The van der Waals surface area contributed by atoms with Gasteiger partial charge in [-0.2, -0.15) is 4.98 Å². The van der Waals surface area contributed by atoms with Gasteiger partial charge >= 0.3 is 0 Å². The van der Waals surface area contributed by atoms with Crippen molar-refractivity contribution in [2.24, 2.45) is 5.92 Å². The normalized spacial score (nSPS) is 21.6. The van der Waals surface area contributed by atoms with Crippen LogP contribution in [0.3, 0.4) is 0 Å². The van der Waals surface area contributed by atoms with E-state index in [4.69, 9.17) is 0 Å². The molecule has 1 aliphatic rings. The molecule has 0 amide bonds. The molecule has 0 saturated heterocycles. The van der Waals surface area contributed by atoms with E-state index < -0.39 is 0 Å². The van der Waals surface area contributed by atoms with E-state index in [1.165, 1.54) is 19.3 Å². The van der Waals surface area contributed by atoms with Gasteiger partial charge in [0.05, 0.1) is 5.39 Å². The molecule has 0 aliphatic heterocycles. The van der Waals surface area contributed by atoms with Crippen LogP contribution < -0.4 is 10.6 Å². The lowest BCUT2D eigenvalue weighted by Gasteiger charge is -2.09. The van der Waals surface area contributed by atoms with E-state index in [9.17, 15) is 0 Å². The van der Waals surface area contributed by atoms with Gasteiger partial charge in [0.2, 0.25) is 5.95 Å². The summed E-state index contributed by atoms with van der Waals surface area (Å²) in [4.78, 5) is 10.2. The average molecular weight is 276 g/mol. The molecule has 0 bridgehead atoms. The molecule has 3 rings (SSSR count). The van der Waals surface area contributed by atoms with E-state index in [0.29, 0.717) is 6.04 Å². The molecule has 2 heterocycles. The standard InChI is InChI=1S/C14H20N4S/c1-3-5-9-8-11(9)16-12-10-6-7-19-13(10)18-14(17-12)15-4-2/h6-7,9,11H,3-5,8H2,1-2H3,(H2,15,16,17,18). The van der Waals surface area contributed by atoms with Crippen molar-refractivity contribution in [3.8, 4) is 0 Å². The fourth-order valence-corrected chi connectivity index (χ4v) is 3.26. The SMILES string of the molecule is CCCC1CC1Nc1nc(NCC)nc2sccc12. The summed E-state index contributed by atoms with van der Waals surface area (Å²) in [6, 6.07) is 2.71. The van der Waals surface area contributed by atoms with Crippen LogP contribution in [-0.2, 0) is 0 Å². The summed E-state index contributed by atoms with van der Waals surface area (Å²) < 4.78 is 0. The van der Waals surface area contributed by atoms with Crippen molar-refractivity contribution in [1.82, 2.24) is 9.97 Å². The molecular formula is C14H20N4S. The van der Waals surface area contributed by atoms with Crippen molar-refractivity contribution in [3.63, 3.8) is 0 Å². The zero-order chi connectivity index (χ0) is 13.2. The quantitative estimate of drug-likeness (QED) is 0.844. The first kappa shape index (κ1) is 12.7. The van der Waals surface area contributed by atoms with E-state index in [0.717, 1.165) is 34.4 Å². The van der Waals surface area contributed by atoms with Crippen LogP contribution in [0.25, 0.3) is 10.2 Å². The number of nitrogens with one attached hydrogen (secondary N) is 2. The number of rotatable bonds is 6. The van der Waals surface area contributed by atoms with E-state index in [1.54, 1.807) is 11.3 Å². The molecule has 0 spiro atoms. The van der Waals surface area contributed by atoms with E-state index in [2.05, 4.69) is 45.9 Å². The van der Waals surface area contributed by atoms with Crippen molar-refractivity contribution in [2.45, 2.75) is 39.2 Å². The molecule has 19 heavy (non-hydrogen) atoms. The molecular weight excluding hydrogens is 256 g/mol. The minimum atomic E-state index is 0.604. The highest BCUT2D eigenvalue weighted by Crippen LogP contribution is 2.38. The van der Waals surface area contributed by atoms with Crippen molar-refractivity contribution >= 4 is 33.3 Å². The Kier molecular flexibility index (Phi) is 3.55. The van der Waals surface area contributed by atoms with Crippen LogP contribution in [-0.4, -0.2) is 22.6 Å². The van der Waals surface area contributed by atoms with Crippen LogP contribution >= 0.6 is 11.3 Å². The third-order valence-corrected chi connectivity index (χ3v) is 4.37. The molecule has 1 saturated carbocycles. The van der Waals surface area contributed by atoms with Crippen LogP contribution in [0.15, 0.2) is 11.4 Å². The third-order valence-electron chi connectivity index (χ3n) is 3.56. The summed E-state index contributed by atoms with van der Waals surface area (Å²) in [6.07, 6.45) is 3.86. The first-order chi connectivity index (χ1) is 9.31. The van der Waals surface area contributed by atoms with Gasteiger partial charge in [-0.15, -0.1) is 11.3 Å². The largest absolute Gasteiger partial charge is 0.366 e. The zero-order valence-corrected chi connectivity index (χ0v) is 12.3. The van der Waals surface area contributed by atoms with Gasteiger partial charge in [-0.1, -0.05) is 13.3 Å². The predicted octanol–water partition coefficient (Wildman–Crippen LogP) is 3.72. The highest BCUT2D eigenvalue weighted by molar-refractivity contribution is 7.16. The fourth-order valence-electron chi connectivity index (χ4n) is 2.49. The Morgan fingerprint density at radius 3 is 3.05 bits per heavy atom. The van der Waals surface area contributed by atoms with Crippen molar-refractivity contribution in [3.05, 3.63) is 11.4 Å². The van der Waals surface area contributed by atoms with Crippen molar-refractivity contribution in [2.75, 3.05) is 17.2 Å². The van der Waals surface area contributed by atoms with Crippen molar-refractivity contribution in [1.29, 1.82) is 0 Å². The second-order valence-corrected chi connectivity index (χ2v) is 6.00. The lowest BCUT2D eigenvalue weighted by Crippen LogP contribution is -2.09. The van der Waals surface area contributed by atoms with Crippen molar-refractivity contribution < 1.29 is 0 Å². The van der Waals surface area contributed by atoms with Gasteiger partial charge < -0.3 is 10.6 Å². The number of thiophene rings is 1. The van der Waals surface area contributed by atoms with Gasteiger partial charge in [0, 0.05) is 12.6 Å². The first-order valence-corrected chi connectivity index (χ1v) is 7.95. The lowest BCUT2D eigenvalue weighted by molar-refractivity contribution is 0.692. The van der Waals surface area contributed by atoms with Gasteiger partial charge in [-0.05, 0) is 37.1 Å². The predicted molar refractivity (Wildman–Crippen MR) is 82.0 cm³/mol. The third kappa shape index (κ3) is 2.66. The molecule has 2 atom stereocenters. The van der Waals surface area contributed by atoms with E-state index in [-0.39, 0.29) is 0 Å². The summed E-state index contributed by atoms with van der Waals surface area (Å²) in [6.45, 7) is 5.16. The lowest BCUT2D eigenvalue weighted by atomic mass is 10.2. The minimum Gasteiger partial charge on any atom is -0.366 e. The molecule has 2 aromatic rings. The Morgan fingerprint density at radius 1 is 1.37 bits per heavy atom. The number of anilines is 2. The van der Waals surface area contributed by atoms with Crippen LogP contribution in [0.1, 0.15) is 33.1 Å². The van der Waals surface area contributed by atoms with E-state index in [1.807, 2.05) is 0 Å². The number of hydrogen-bond acceptors (Lipinski definition) is 5. The van der Waals surface area contributed by atoms with Crippen LogP contribution in [0.5, 0.6) is 0 Å². The molecule has 2 N–H and O–H groups in total. The summed E-state index contributed by atoms with van der Waals surface area (Å²) >= 11 is 1.67. The molecule has 0 aromatic carbocycles. The highest BCUT2D eigenvalue weighted by Gasteiger charge is 2.36. The number of aromatic nitrogens is 2. The zero-order valence-electron chi connectivity index (χ0n) is 11.4. The Morgan fingerprint density at radius 2 is 2.26 bits per heavy atom. The summed E-state index contributed by atoms with van der Waals surface area (Å²) in [7, 11) is 0. The minimum absolute atomic E-state index is 0.604. The van der Waals surface area contributed by atoms with Gasteiger partial charge in [0.15, 0.2) is 0 Å². The maximum atomic E-state index is 4.61. The molecule has 0 radical (unpaired) electrons. The Labute approximate surface area is 117 Å². The van der Waals surface area contributed by atoms with Crippen LogP contribution in [0, 0.1) is 5.92 Å². The molecule has 2 unspecified atom stereocenters. The van der Waals surface area contributed by atoms with Gasteiger partial charge in [0.25, 0.3) is 0 Å². The van der Waals surface area contributed by atoms with Gasteiger partial charge in [-0.3, -0.25) is 0 Å². The van der Waals surface area contributed by atoms with E-state index >= 15 is 0 Å². The maximum Gasteiger partial charge on any atom is 0.226 e. The van der Waals surface area contributed by atoms with Crippen LogP contribution in [0.2, 0.25) is 0 Å². The molecule has 5 heteroatoms. The summed E-state index contributed by atoms with van der Waals surface area (Å²) in [5, 5.41) is 10.0. The Balaban J connectivity index is 1.83. The monoisotopic (exact) mass is 276 g/mol.